The van der Waals surface area contributed by atoms with Crippen LogP contribution in [0, 0.1) is 11.8 Å². The number of fused-ring (bicyclic) bond motifs is 2. The lowest BCUT2D eigenvalue weighted by atomic mass is 9.98. The minimum atomic E-state index is -0.231. The number of benzene rings is 1. The summed E-state index contributed by atoms with van der Waals surface area (Å²) in [7, 11) is 0. The predicted octanol–water partition coefficient (Wildman–Crippen LogP) is 3.69. The lowest BCUT2D eigenvalue weighted by molar-refractivity contribution is 0.0158. The molecule has 90 valence electrons. The number of esters is 1. The van der Waals surface area contributed by atoms with E-state index in [2.05, 4.69) is 0 Å². The highest BCUT2D eigenvalue weighted by Gasteiger charge is 2.41. The monoisotopic (exact) mass is 250 g/mol. The molecule has 1 aromatic rings. The summed E-state index contributed by atoms with van der Waals surface area (Å²) in [4.78, 5) is 11.9. The summed E-state index contributed by atoms with van der Waals surface area (Å²) in [6.45, 7) is 0. The van der Waals surface area contributed by atoms with Gasteiger partial charge in [-0.15, -0.1) is 0 Å². The van der Waals surface area contributed by atoms with Crippen molar-refractivity contribution in [3.05, 3.63) is 34.9 Å². The van der Waals surface area contributed by atoms with Crippen LogP contribution in [0.4, 0.5) is 0 Å². The van der Waals surface area contributed by atoms with Crippen molar-refractivity contribution in [2.75, 3.05) is 0 Å². The molecule has 2 nitrogen and oxygen atoms in total. The molecule has 2 aliphatic rings. The molecule has 2 saturated carbocycles. The van der Waals surface area contributed by atoms with E-state index in [1.165, 1.54) is 19.3 Å². The highest BCUT2D eigenvalue weighted by molar-refractivity contribution is 6.30. The largest absolute Gasteiger partial charge is 0.458 e. The Balaban J connectivity index is 1.68. The van der Waals surface area contributed by atoms with Gasteiger partial charge >= 0.3 is 5.97 Å². The minimum Gasteiger partial charge on any atom is -0.458 e. The first-order chi connectivity index (χ1) is 8.22. The number of ether oxygens (including phenoxy) is 1. The first-order valence-electron chi connectivity index (χ1n) is 6.19. The van der Waals surface area contributed by atoms with E-state index in [1.54, 1.807) is 24.3 Å². The number of halogens is 1. The molecule has 0 heterocycles. The smallest absolute Gasteiger partial charge is 0.338 e. The maximum atomic E-state index is 11.9. The Morgan fingerprint density at radius 1 is 1.29 bits per heavy atom. The van der Waals surface area contributed by atoms with Gasteiger partial charge in [0.15, 0.2) is 0 Å². The van der Waals surface area contributed by atoms with Gasteiger partial charge in [0.05, 0.1) is 5.56 Å². The van der Waals surface area contributed by atoms with Crippen LogP contribution in [-0.2, 0) is 4.74 Å². The zero-order chi connectivity index (χ0) is 11.8. The third-order valence-electron chi connectivity index (χ3n) is 3.99. The summed E-state index contributed by atoms with van der Waals surface area (Å²) in [5, 5.41) is 0.576. The molecule has 0 amide bonds. The van der Waals surface area contributed by atoms with Gasteiger partial charge in [-0.25, -0.2) is 4.79 Å². The molecule has 3 rings (SSSR count). The first kappa shape index (κ1) is 11.1. The van der Waals surface area contributed by atoms with Gasteiger partial charge in [-0.3, -0.25) is 0 Å². The van der Waals surface area contributed by atoms with Gasteiger partial charge in [-0.2, -0.15) is 0 Å². The topological polar surface area (TPSA) is 26.3 Å². The van der Waals surface area contributed by atoms with Gasteiger partial charge in [0.2, 0.25) is 0 Å². The molecule has 3 atom stereocenters. The van der Waals surface area contributed by atoms with E-state index in [0.29, 0.717) is 16.5 Å². The van der Waals surface area contributed by atoms with E-state index >= 15 is 0 Å². The second kappa shape index (κ2) is 4.34. The van der Waals surface area contributed by atoms with Gasteiger partial charge in [0.1, 0.15) is 6.10 Å². The van der Waals surface area contributed by atoms with Crippen LogP contribution in [0.3, 0.4) is 0 Å². The lowest BCUT2D eigenvalue weighted by Crippen LogP contribution is -2.24. The van der Waals surface area contributed by atoms with E-state index < -0.39 is 0 Å². The van der Waals surface area contributed by atoms with Crippen molar-refractivity contribution in [3.63, 3.8) is 0 Å². The van der Waals surface area contributed by atoms with E-state index in [1.807, 2.05) is 0 Å². The van der Waals surface area contributed by atoms with Crippen molar-refractivity contribution < 1.29 is 9.53 Å². The quantitative estimate of drug-likeness (QED) is 0.749. The van der Waals surface area contributed by atoms with Gasteiger partial charge in [-0.05, 0) is 55.7 Å². The van der Waals surface area contributed by atoms with E-state index in [-0.39, 0.29) is 12.1 Å². The Morgan fingerprint density at radius 2 is 2.18 bits per heavy atom. The zero-order valence-electron chi connectivity index (χ0n) is 9.56. The molecular formula is C14H15ClO2. The van der Waals surface area contributed by atoms with E-state index in [9.17, 15) is 4.79 Å². The number of hydrogen-bond acceptors (Lipinski definition) is 2. The zero-order valence-corrected chi connectivity index (χ0v) is 10.3. The van der Waals surface area contributed by atoms with Gasteiger partial charge < -0.3 is 4.74 Å². The minimum absolute atomic E-state index is 0.139. The molecule has 17 heavy (non-hydrogen) atoms. The molecule has 0 aliphatic heterocycles. The highest BCUT2D eigenvalue weighted by atomic mass is 35.5. The molecule has 3 heteroatoms. The molecule has 0 unspecified atom stereocenters. The van der Waals surface area contributed by atoms with Crippen molar-refractivity contribution in [1.29, 1.82) is 0 Å². The predicted molar refractivity (Wildman–Crippen MR) is 66.1 cm³/mol. The van der Waals surface area contributed by atoms with Crippen molar-refractivity contribution in [3.8, 4) is 0 Å². The number of hydrogen-bond donors (Lipinski definition) is 0. The van der Waals surface area contributed by atoms with Crippen LogP contribution in [0.2, 0.25) is 5.02 Å². The standard InChI is InChI=1S/C14H15ClO2/c15-12-3-1-2-11(8-12)14(16)17-13-7-9-4-5-10(13)6-9/h1-3,8-10,13H,4-7H2/t9-,10+,13+/m1/s1. The van der Waals surface area contributed by atoms with Crippen LogP contribution in [0.15, 0.2) is 24.3 Å². The fourth-order valence-corrected chi connectivity index (χ4v) is 3.34. The first-order valence-corrected chi connectivity index (χ1v) is 6.57. The fraction of sp³-hybridized carbons (Fsp3) is 0.500. The Hall–Kier alpha value is -1.02. The molecule has 1 aromatic carbocycles. The number of carbonyl (C=O) groups excluding carboxylic acids is 1. The second-order valence-electron chi connectivity index (χ2n) is 5.13. The summed E-state index contributed by atoms with van der Waals surface area (Å²) in [6, 6.07) is 6.95. The molecular weight excluding hydrogens is 236 g/mol. The van der Waals surface area contributed by atoms with Crippen LogP contribution >= 0.6 is 11.6 Å². The Kier molecular flexibility index (Phi) is 2.83. The Labute approximate surface area is 106 Å². The summed E-state index contributed by atoms with van der Waals surface area (Å²) in [6.07, 6.45) is 4.97. The highest BCUT2D eigenvalue weighted by Crippen LogP contribution is 2.46. The van der Waals surface area contributed by atoms with Crippen molar-refractivity contribution >= 4 is 17.6 Å². The average Bonchev–Trinajstić information content (AvgIpc) is 2.91. The molecule has 0 radical (unpaired) electrons. The van der Waals surface area contributed by atoms with Crippen LogP contribution in [0.1, 0.15) is 36.0 Å². The normalized spacial score (nSPS) is 30.5. The van der Waals surface area contributed by atoms with Crippen LogP contribution in [0.25, 0.3) is 0 Å². The second-order valence-corrected chi connectivity index (χ2v) is 5.57. The SMILES string of the molecule is O=C(O[C@H]1C[C@@H]2CC[C@H]1C2)c1cccc(Cl)c1. The molecule has 0 spiro atoms. The molecule has 0 aromatic heterocycles. The maximum absolute atomic E-state index is 11.9. The third kappa shape index (κ3) is 2.19. The molecule has 2 fully saturated rings. The summed E-state index contributed by atoms with van der Waals surface area (Å²) >= 11 is 5.86. The fourth-order valence-electron chi connectivity index (χ4n) is 3.15. The summed E-state index contributed by atoms with van der Waals surface area (Å²) in [5.74, 6) is 1.16. The molecule has 2 bridgehead atoms. The molecule has 2 aliphatic carbocycles. The van der Waals surface area contributed by atoms with E-state index in [0.717, 1.165) is 12.3 Å². The summed E-state index contributed by atoms with van der Waals surface area (Å²) < 4.78 is 5.59. The molecule has 0 N–H and O–H groups in total. The van der Waals surface area contributed by atoms with Crippen LogP contribution in [0.5, 0.6) is 0 Å². The lowest BCUT2D eigenvalue weighted by Gasteiger charge is -2.21. The Morgan fingerprint density at radius 3 is 2.82 bits per heavy atom. The van der Waals surface area contributed by atoms with Crippen molar-refractivity contribution in [2.24, 2.45) is 11.8 Å². The van der Waals surface area contributed by atoms with Gasteiger partial charge in [0.25, 0.3) is 0 Å². The van der Waals surface area contributed by atoms with Gasteiger partial charge in [-0.1, -0.05) is 17.7 Å². The molecule has 0 saturated heterocycles. The number of carbonyl (C=O) groups is 1. The van der Waals surface area contributed by atoms with E-state index in [4.69, 9.17) is 16.3 Å². The average molecular weight is 251 g/mol. The number of rotatable bonds is 2. The maximum Gasteiger partial charge on any atom is 0.338 e. The van der Waals surface area contributed by atoms with Crippen LogP contribution < -0.4 is 0 Å². The van der Waals surface area contributed by atoms with Crippen molar-refractivity contribution in [2.45, 2.75) is 31.8 Å². The third-order valence-corrected chi connectivity index (χ3v) is 4.23. The van der Waals surface area contributed by atoms with Crippen molar-refractivity contribution in [1.82, 2.24) is 0 Å². The van der Waals surface area contributed by atoms with Gasteiger partial charge in [0, 0.05) is 5.02 Å². The van der Waals surface area contributed by atoms with Crippen LogP contribution in [-0.4, -0.2) is 12.1 Å². The Bertz CT molecular complexity index is 444. The summed E-state index contributed by atoms with van der Waals surface area (Å²) in [5.41, 5.74) is 0.556.